The van der Waals surface area contributed by atoms with Crippen LogP contribution in [0.15, 0.2) is 18.3 Å². The van der Waals surface area contributed by atoms with Gasteiger partial charge in [0.05, 0.1) is 0 Å². The molecular formula is C11H11N5O2. The topological polar surface area (TPSA) is 104 Å². The van der Waals surface area contributed by atoms with Crippen LogP contribution in [0, 0.1) is 0 Å². The van der Waals surface area contributed by atoms with Gasteiger partial charge in [0.1, 0.15) is 0 Å². The van der Waals surface area contributed by atoms with Crippen LogP contribution in [0.5, 0.6) is 0 Å². The predicted molar refractivity (Wildman–Crippen MR) is 62.8 cm³/mol. The summed E-state index contributed by atoms with van der Waals surface area (Å²) < 4.78 is 0. The van der Waals surface area contributed by atoms with Crippen molar-refractivity contribution in [3.8, 4) is 0 Å². The van der Waals surface area contributed by atoms with Gasteiger partial charge in [0.2, 0.25) is 5.95 Å². The van der Waals surface area contributed by atoms with Gasteiger partial charge >= 0.3 is 5.97 Å². The van der Waals surface area contributed by atoms with E-state index in [1.54, 1.807) is 0 Å². The molecule has 7 heteroatoms. The average Bonchev–Trinajstić information content (AvgIpc) is 3.11. The van der Waals surface area contributed by atoms with Gasteiger partial charge in [0, 0.05) is 23.9 Å². The number of carboxylic acids is 1. The zero-order chi connectivity index (χ0) is 12.5. The fourth-order valence-electron chi connectivity index (χ4n) is 1.66. The van der Waals surface area contributed by atoms with Crippen LogP contribution in [0.4, 0.5) is 11.8 Å². The minimum absolute atomic E-state index is 0.0505. The van der Waals surface area contributed by atoms with E-state index in [-0.39, 0.29) is 11.6 Å². The normalized spacial score (nSPS) is 14.4. The van der Waals surface area contributed by atoms with Crippen LogP contribution in [-0.4, -0.2) is 31.2 Å². The summed E-state index contributed by atoms with van der Waals surface area (Å²) in [6.07, 6.45) is 3.77. The van der Waals surface area contributed by atoms with E-state index < -0.39 is 5.97 Å². The predicted octanol–water partition coefficient (Wildman–Crippen LogP) is 1.52. The number of aromatic carboxylic acids is 1. The van der Waals surface area contributed by atoms with Gasteiger partial charge in [-0.05, 0) is 18.9 Å². The van der Waals surface area contributed by atoms with E-state index in [0.717, 1.165) is 5.69 Å². The Morgan fingerprint density at radius 2 is 2.33 bits per heavy atom. The minimum Gasteiger partial charge on any atom is -0.477 e. The SMILES string of the molecule is O=C(O)c1ccnc(Nc2cc(C3CC3)[nH]n2)n1. The number of hydrogen-bond donors (Lipinski definition) is 3. The maximum Gasteiger partial charge on any atom is 0.354 e. The molecule has 0 spiro atoms. The second kappa shape index (κ2) is 4.10. The van der Waals surface area contributed by atoms with Gasteiger partial charge in [-0.3, -0.25) is 5.10 Å². The van der Waals surface area contributed by atoms with Crippen LogP contribution in [0.2, 0.25) is 0 Å². The average molecular weight is 245 g/mol. The highest BCUT2D eigenvalue weighted by Crippen LogP contribution is 2.39. The van der Waals surface area contributed by atoms with Crippen LogP contribution in [-0.2, 0) is 0 Å². The summed E-state index contributed by atoms with van der Waals surface area (Å²) in [4.78, 5) is 18.6. The fourth-order valence-corrected chi connectivity index (χ4v) is 1.66. The monoisotopic (exact) mass is 245 g/mol. The number of aromatic nitrogens is 4. The Hall–Kier alpha value is -2.44. The molecule has 0 radical (unpaired) electrons. The Kier molecular flexibility index (Phi) is 2.44. The number of carboxylic acid groups (broad SMARTS) is 1. The van der Waals surface area contributed by atoms with Crippen LogP contribution < -0.4 is 5.32 Å². The molecule has 0 amide bonds. The standard InChI is InChI=1S/C11H11N5O2/c17-10(18)7-3-4-12-11(13-7)14-9-5-8(15-16-9)6-1-2-6/h3-6H,1-2H2,(H,17,18)(H2,12,13,14,15,16). The molecule has 2 heterocycles. The smallest absolute Gasteiger partial charge is 0.354 e. The highest BCUT2D eigenvalue weighted by molar-refractivity contribution is 5.85. The van der Waals surface area contributed by atoms with Crippen molar-refractivity contribution in [3.05, 3.63) is 29.7 Å². The first-order chi connectivity index (χ1) is 8.72. The van der Waals surface area contributed by atoms with E-state index in [1.165, 1.54) is 25.1 Å². The summed E-state index contributed by atoms with van der Waals surface area (Å²) in [5.74, 6) is 0.323. The molecule has 1 aliphatic carbocycles. The zero-order valence-corrected chi connectivity index (χ0v) is 9.42. The minimum atomic E-state index is -1.08. The third kappa shape index (κ3) is 2.15. The number of aromatic amines is 1. The van der Waals surface area contributed by atoms with Crippen LogP contribution in [0.3, 0.4) is 0 Å². The van der Waals surface area contributed by atoms with Gasteiger partial charge in [0.15, 0.2) is 11.5 Å². The Morgan fingerprint density at radius 3 is 3.06 bits per heavy atom. The molecule has 2 aromatic rings. The molecule has 2 aromatic heterocycles. The lowest BCUT2D eigenvalue weighted by molar-refractivity contribution is 0.0690. The maximum atomic E-state index is 10.8. The van der Waals surface area contributed by atoms with Gasteiger partial charge in [-0.25, -0.2) is 14.8 Å². The van der Waals surface area contributed by atoms with Gasteiger partial charge in [-0.1, -0.05) is 0 Å². The molecule has 18 heavy (non-hydrogen) atoms. The number of nitrogens with one attached hydrogen (secondary N) is 2. The molecule has 0 unspecified atom stereocenters. The zero-order valence-electron chi connectivity index (χ0n) is 9.42. The summed E-state index contributed by atoms with van der Waals surface area (Å²) in [7, 11) is 0. The lowest BCUT2D eigenvalue weighted by Gasteiger charge is -2.00. The Morgan fingerprint density at radius 1 is 1.50 bits per heavy atom. The number of carbonyl (C=O) groups is 1. The lowest BCUT2D eigenvalue weighted by Crippen LogP contribution is -2.04. The lowest BCUT2D eigenvalue weighted by atomic mass is 10.3. The first-order valence-electron chi connectivity index (χ1n) is 5.61. The van der Waals surface area contributed by atoms with E-state index in [9.17, 15) is 4.79 Å². The number of nitrogens with zero attached hydrogens (tertiary/aromatic N) is 3. The van der Waals surface area contributed by atoms with Crippen molar-refractivity contribution in [2.24, 2.45) is 0 Å². The summed E-state index contributed by atoms with van der Waals surface area (Å²) in [5.41, 5.74) is 1.04. The largest absolute Gasteiger partial charge is 0.477 e. The molecular weight excluding hydrogens is 234 g/mol. The maximum absolute atomic E-state index is 10.8. The van der Waals surface area contributed by atoms with E-state index in [1.807, 2.05) is 6.07 Å². The third-order valence-corrected chi connectivity index (χ3v) is 2.73. The summed E-state index contributed by atoms with van der Waals surface area (Å²) in [6.45, 7) is 0. The van der Waals surface area contributed by atoms with Crippen molar-refractivity contribution < 1.29 is 9.90 Å². The number of rotatable bonds is 4. The summed E-state index contributed by atoms with van der Waals surface area (Å²) >= 11 is 0. The highest BCUT2D eigenvalue weighted by atomic mass is 16.4. The van der Waals surface area contributed by atoms with Crippen LogP contribution in [0.1, 0.15) is 34.9 Å². The van der Waals surface area contributed by atoms with Gasteiger partial charge in [-0.15, -0.1) is 0 Å². The molecule has 1 fully saturated rings. The van der Waals surface area contributed by atoms with Crippen molar-refractivity contribution in [1.29, 1.82) is 0 Å². The molecule has 0 aliphatic heterocycles. The molecule has 0 bridgehead atoms. The van der Waals surface area contributed by atoms with Gasteiger partial charge in [-0.2, -0.15) is 5.10 Å². The second-order valence-electron chi connectivity index (χ2n) is 4.18. The van der Waals surface area contributed by atoms with E-state index in [0.29, 0.717) is 11.7 Å². The third-order valence-electron chi connectivity index (χ3n) is 2.73. The molecule has 3 rings (SSSR count). The van der Waals surface area contributed by atoms with Gasteiger partial charge < -0.3 is 10.4 Å². The Labute approximate surface area is 102 Å². The number of hydrogen-bond acceptors (Lipinski definition) is 5. The number of anilines is 2. The van der Waals surface area contributed by atoms with Crippen LogP contribution in [0.25, 0.3) is 0 Å². The molecule has 7 nitrogen and oxygen atoms in total. The second-order valence-corrected chi connectivity index (χ2v) is 4.18. The van der Waals surface area contributed by atoms with Gasteiger partial charge in [0.25, 0.3) is 0 Å². The molecule has 3 N–H and O–H groups in total. The highest BCUT2D eigenvalue weighted by Gasteiger charge is 2.25. The molecule has 0 aromatic carbocycles. The number of H-pyrrole nitrogens is 1. The first kappa shape index (κ1) is 10.7. The Balaban J connectivity index is 1.78. The van der Waals surface area contributed by atoms with Crippen molar-refractivity contribution in [1.82, 2.24) is 20.2 Å². The molecule has 1 aliphatic rings. The first-order valence-corrected chi connectivity index (χ1v) is 5.61. The molecule has 0 atom stereocenters. The summed E-state index contributed by atoms with van der Waals surface area (Å²) in [6, 6.07) is 3.24. The van der Waals surface area contributed by atoms with E-state index in [2.05, 4.69) is 25.5 Å². The Bertz CT molecular complexity index is 591. The summed E-state index contributed by atoms with van der Waals surface area (Å²) in [5, 5.41) is 18.7. The fraction of sp³-hybridized carbons (Fsp3) is 0.273. The van der Waals surface area contributed by atoms with Crippen molar-refractivity contribution >= 4 is 17.7 Å². The molecule has 92 valence electrons. The van der Waals surface area contributed by atoms with Crippen molar-refractivity contribution in [2.75, 3.05) is 5.32 Å². The molecule has 0 saturated heterocycles. The van der Waals surface area contributed by atoms with Crippen molar-refractivity contribution in [3.63, 3.8) is 0 Å². The molecule has 1 saturated carbocycles. The van der Waals surface area contributed by atoms with Crippen molar-refractivity contribution in [2.45, 2.75) is 18.8 Å². The quantitative estimate of drug-likeness (QED) is 0.754. The van der Waals surface area contributed by atoms with Crippen LogP contribution >= 0.6 is 0 Å². The van der Waals surface area contributed by atoms with E-state index >= 15 is 0 Å². The van der Waals surface area contributed by atoms with E-state index in [4.69, 9.17) is 5.11 Å².